The van der Waals surface area contributed by atoms with Gasteiger partial charge >= 0.3 is 0 Å². The van der Waals surface area contributed by atoms with Crippen LogP contribution in [0.4, 0.5) is 0 Å². The lowest BCUT2D eigenvalue weighted by Gasteiger charge is -2.29. The zero-order chi connectivity index (χ0) is 25.6. The Morgan fingerprint density at radius 3 is 2.11 bits per heavy atom. The molecule has 9 heteroatoms. The van der Waals surface area contributed by atoms with Gasteiger partial charge in [0.2, 0.25) is 0 Å². The predicted octanol–water partition coefficient (Wildman–Crippen LogP) is 4.23. The van der Waals surface area contributed by atoms with Gasteiger partial charge in [-0.25, -0.2) is 4.68 Å². The molecule has 9 nitrogen and oxygen atoms in total. The molecule has 35 heavy (non-hydrogen) atoms. The molecule has 0 spiro atoms. The van der Waals surface area contributed by atoms with E-state index in [-0.39, 0.29) is 5.78 Å². The monoisotopic (exact) mass is 499 g/mol. The number of ether oxygens (including phenoxy) is 5. The summed E-state index contributed by atoms with van der Waals surface area (Å²) in [6, 6.07) is 0. The topological polar surface area (TPSA) is 93.9 Å². The summed E-state index contributed by atoms with van der Waals surface area (Å²) in [5.41, 5.74) is 1.18. The normalized spacial score (nSPS) is 13.3. The SMILES string of the molecule is CCCCC(C)(CCC)CCOCCOCCOCc1cn(CCOCCOCCC(C)=O)nn1. The molecule has 1 aromatic heterocycles. The summed E-state index contributed by atoms with van der Waals surface area (Å²) in [5.74, 6) is 0.132. The van der Waals surface area contributed by atoms with Gasteiger partial charge in [0.25, 0.3) is 0 Å². The van der Waals surface area contributed by atoms with Crippen LogP contribution in [0.3, 0.4) is 0 Å². The molecule has 0 N–H and O–H groups in total. The number of aromatic nitrogens is 3. The largest absolute Gasteiger partial charge is 0.379 e. The molecular weight excluding hydrogens is 450 g/mol. The Kier molecular flexibility index (Phi) is 18.8. The van der Waals surface area contributed by atoms with E-state index in [1.54, 1.807) is 11.6 Å². The minimum atomic E-state index is 0.132. The van der Waals surface area contributed by atoms with E-state index in [2.05, 4.69) is 31.1 Å². The van der Waals surface area contributed by atoms with Crippen molar-refractivity contribution in [1.29, 1.82) is 0 Å². The third kappa shape index (κ3) is 17.6. The zero-order valence-corrected chi connectivity index (χ0v) is 22.6. The first-order chi connectivity index (χ1) is 17.0. The molecule has 0 aliphatic heterocycles. The first kappa shape index (κ1) is 31.6. The van der Waals surface area contributed by atoms with Crippen molar-refractivity contribution in [1.82, 2.24) is 15.0 Å². The van der Waals surface area contributed by atoms with Crippen molar-refractivity contribution < 1.29 is 28.5 Å². The number of carbonyl (C=O) groups is 1. The molecule has 0 fully saturated rings. The highest BCUT2D eigenvalue weighted by atomic mass is 16.5. The van der Waals surface area contributed by atoms with Gasteiger partial charge in [-0.2, -0.15) is 0 Å². The highest BCUT2D eigenvalue weighted by molar-refractivity contribution is 5.75. The van der Waals surface area contributed by atoms with E-state index >= 15 is 0 Å². The summed E-state index contributed by atoms with van der Waals surface area (Å²) in [6.07, 6.45) is 9.76. The molecule has 0 aromatic carbocycles. The van der Waals surface area contributed by atoms with Crippen LogP contribution in [0.25, 0.3) is 0 Å². The predicted molar refractivity (Wildman–Crippen MR) is 135 cm³/mol. The lowest BCUT2D eigenvalue weighted by atomic mass is 9.78. The maximum absolute atomic E-state index is 10.8. The molecule has 0 aliphatic carbocycles. The molecular formula is C26H49N3O6. The molecule has 204 valence electrons. The lowest BCUT2D eigenvalue weighted by molar-refractivity contribution is -0.118. The highest BCUT2D eigenvalue weighted by Crippen LogP contribution is 2.33. The van der Waals surface area contributed by atoms with Gasteiger partial charge in [-0.15, -0.1) is 5.10 Å². The molecule has 0 saturated heterocycles. The van der Waals surface area contributed by atoms with E-state index in [1.165, 1.54) is 32.1 Å². The Balaban J connectivity index is 1.96. The van der Waals surface area contributed by atoms with Gasteiger partial charge in [0.1, 0.15) is 11.5 Å². The van der Waals surface area contributed by atoms with Crippen molar-refractivity contribution in [3.8, 4) is 0 Å². The van der Waals surface area contributed by atoms with Crippen LogP contribution in [0.2, 0.25) is 0 Å². The lowest BCUT2D eigenvalue weighted by Crippen LogP contribution is -2.19. The molecule has 0 amide bonds. The first-order valence-electron chi connectivity index (χ1n) is 13.3. The van der Waals surface area contributed by atoms with Crippen LogP contribution in [-0.4, -0.2) is 80.2 Å². The van der Waals surface area contributed by atoms with Crippen molar-refractivity contribution in [3.63, 3.8) is 0 Å². The minimum absolute atomic E-state index is 0.132. The van der Waals surface area contributed by atoms with Gasteiger partial charge in [-0.3, -0.25) is 4.79 Å². The molecule has 1 atom stereocenters. The van der Waals surface area contributed by atoms with Crippen LogP contribution in [0.15, 0.2) is 6.20 Å². The van der Waals surface area contributed by atoms with E-state index in [4.69, 9.17) is 23.7 Å². The van der Waals surface area contributed by atoms with Crippen molar-refractivity contribution in [2.75, 3.05) is 59.5 Å². The van der Waals surface area contributed by atoms with E-state index in [1.807, 2.05) is 6.20 Å². The van der Waals surface area contributed by atoms with Crippen molar-refractivity contribution >= 4 is 5.78 Å². The Bertz CT molecular complexity index is 642. The number of hydrogen-bond acceptors (Lipinski definition) is 8. The minimum Gasteiger partial charge on any atom is -0.379 e. The zero-order valence-electron chi connectivity index (χ0n) is 22.6. The summed E-state index contributed by atoms with van der Waals surface area (Å²) in [4.78, 5) is 10.8. The maximum atomic E-state index is 10.8. The Morgan fingerprint density at radius 1 is 0.829 bits per heavy atom. The van der Waals surface area contributed by atoms with Gasteiger partial charge in [0, 0.05) is 13.0 Å². The fraction of sp³-hybridized carbons (Fsp3) is 0.885. The number of hydrogen-bond donors (Lipinski definition) is 0. The Hall–Kier alpha value is -1.39. The molecule has 0 saturated carbocycles. The quantitative estimate of drug-likeness (QED) is 0.185. The average molecular weight is 500 g/mol. The summed E-state index contributed by atoms with van der Waals surface area (Å²) in [6.45, 7) is 14.5. The average Bonchev–Trinajstić information content (AvgIpc) is 3.28. The smallest absolute Gasteiger partial charge is 0.132 e. The molecule has 1 rings (SSSR count). The number of Topliss-reactive ketones (excluding diaryl/α,β-unsaturated/α-hetero) is 1. The van der Waals surface area contributed by atoms with Crippen LogP contribution >= 0.6 is 0 Å². The number of ketones is 1. The summed E-state index contributed by atoms with van der Waals surface area (Å²) in [7, 11) is 0. The van der Waals surface area contributed by atoms with Crippen LogP contribution in [-0.2, 0) is 41.6 Å². The number of carbonyl (C=O) groups excluding carboxylic acids is 1. The van der Waals surface area contributed by atoms with Crippen LogP contribution in [0.1, 0.15) is 78.3 Å². The highest BCUT2D eigenvalue weighted by Gasteiger charge is 2.22. The van der Waals surface area contributed by atoms with Gasteiger partial charge in [0.15, 0.2) is 0 Å². The van der Waals surface area contributed by atoms with Crippen molar-refractivity contribution in [2.45, 2.75) is 85.8 Å². The first-order valence-corrected chi connectivity index (χ1v) is 13.3. The second kappa shape index (κ2) is 20.8. The van der Waals surface area contributed by atoms with E-state index in [9.17, 15) is 4.79 Å². The molecule has 1 heterocycles. The van der Waals surface area contributed by atoms with Gasteiger partial charge in [0.05, 0.1) is 72.2 Å². The summed E-state index contributed by atoms with van der Waals surface area (Å²) < 4.78 is 29.6. The molecule has 1 aromatic rings. The third-order valence-corrected chi connectivity index (χ3v) is 5.85. The van der Waals surface area contributed by atoms with E-state index in [0.717, 1.165) is 18.7 Å². The van der Waals surface area contributed by atoms with E-state index < -0.39 is 0 Å². The molecule has 1 unspecified atom stereocenters. The van der Waals surface area contributed by atoms with Gasteiger partial charge in [-0.05, 0) is 31.6 Å². The number of nitrogens with zero attached hydrogens (tertiary/aromatic N) is 3. The van der Waals surface area contributed by atoms with Crippen molar-refractivity contribution in [2.24, 2.45) is 5.41 Å². The standard InChI is InChI=1S/C26H49N3O6/c1-5-7-10-26(4,9-6-2)11-14-32-17-19-34-20-21-35-23-25-22-29(28-27-25)12-15-33-18-16-31-13-8-24(3)30/h22H,5-21,23H2,1-4H3. The van der Waals surface area contributed by atoms with Gasteiger partial charge in [-0.1, -0.05) is 45.2 Å². The second-order valence-corrected chi connectivity index (χ2v) is 9.34. The summed E-state index contributed by atoms with van der Waals surface area (Å²) >= 11 is 0. The Labute approximate surface area is 212 Å². The van der Waals surface area contributed by atoms with Crippen LogP contribution < -0.4 is 0 Å². The number of rotatable bonds is 25. The number of unbranched alkanes of at least 4 members (excludes halogenated alkanes) is 1. The fourth-order valence-corrected chi connectivity index (χ4v) is 3.73. The van der Waals surface area contributed by atoms with Gasteiger partial charge < -0.3 is 23.7 Å². The maximum Gasteiger partial charge on any atom is 0.132 e. The fourth-order valence-electron chi connectivity index (χ4n) is 3.73. The molecule has 0 aliphatic rings. The third-order valence-electron chi connectivity index (χ3n) is 5.85. The second-order valence-electron chi connectivity index (χ2n) is 9.34. The van der Waals surface area contributed by atoms with Crippen LogP contribution in [0.5, 0.6) is 0 Å². The van der Waals surface area contributed by atoms with Crippen molar-refractivity contribution in [3.05, 3.63) is 11.9 Å². The Morgan fingerprint density at radius 2 is 1.46 bits per heavy atom. The molecule has 0 radical (unpaired) electrons. The van der Waals surface area contributed by atoms with Crippen LogP contribution in [0, 0.1) is 5.41 Å². The summed E-state index contributed by atoms with van der Waals surface area (Å²) in [5, 5.41) is 8.18. The molecule has 0 bridgehead atoms. The van der Waals surface area contributed by atoms with E-state index in [0.29, 0.717) is 77.8 Å².